The summed E-state index contributed by atoms with van der Waals surface area (Å²) < 4.78 is 0. The van der Waals surface area contributed by atoms with Crippen LogP contribution in [0.3, 0.4) is 0 Å². The van der Waals surface area contributed by atoms with Crippen LogP contribution >= 0.6 is 0 Å². The van der Waals surface area contributed by atoms with Crippen LogP contribution in [0.25, 0.3) is 11.0 Å². The van der Waals surface area contributed by atoms with Crippen LogP contribution < -0.4 is 5.32 Å². The molecule has 4 nitrogen and oxygen atoms in total. The van der Waals surface area contributed by atoms with Gasteiger partial charge in [-0.25, -0.2) is 4.98 Å². The van der Waals surface area contributed by atoms with Crippen molar-refractivity contribution in [3.8, 4) is 0 Å². The third-order valence-corrected chi connectivity index (χ3v) is 2.78. The first kappa shape index (κ1) is 12.9. The molecular weight excluding hydrogens is 226 g/mol. The Hall–Kier alpha value is -1.52. The molecule has 2 rings (SSSR count). The summed E-state index contributed by atoms with van der Waals surface area (Å²) in [5, 5.41) is 12.4. The molecule has 18 heavy (non-hydrogen) atoms. The molecule has 1 unspecified atom stereocenters. The molecule has 4 heteroatoms. The quantitative estimate of drug-likeness (QED) is 0.763. The van der Waals surface area contributed by atoms with Gasteiger partial charge >= 0.3 is 0 Å². The van der Waals surface area contributed by atoms with Crippen molar-refractivity contribution in [3.05, 3.63) is 36.2 Å². The second-order valence-electron chi connectivity index (χ2n) is 4.52. The molecule has 0 aliphatic carbocycles. The van der Waals surface area contributed by atoms with Crippen molar-refractivity contribution in [2.24, 2.45) is 0 Å². The Morgan fingerprint density at radius 1 is 1.28 bits per heavy atom. The van der Waals surface area contributed by atoms with Gasteiger partial charge in [-0.05, 0) is 38.4 Å². The van der Waals surface area contributed by atoms with Gasteiger partial charge in [0.2, 0.25) is 0 Å². The molecule has 0 saturated carbocycles. The van der Waals surface area contributed by atoms with E-state index in [1.165, 1.54) is 0 Å². The van der Waals surface area contributed by atoms with Crippen molar-refractivity contribution in [1.29, 1.82) is 0 Å². The molecule has 1 atom stereocenters. The molecule has 2 aromatic rings. The van der Waals surface area contributed by atoms with Gasteiger partial charge in [0, 0.05) is 6.54 Å². The summed E-state index contributed by atoms with van der Waals surface area (Å²) in [5.41, 5.74) is 2.81. The first-order valence-corrected chi connectivity index (χ1v) is 6.35. The van der Waals surface area contributed by atoms with Crippen LogP contribution in [-0.4, -0.2) is 27.7 Å². The van der Waals surface area contributed by atoms with E-state index in [4.69, 9.17) is 5.11 Å². The van der Waals surface area contributed by atoms with Gasteiger partial charge in [0.15, 0.2) is 0 Å². The van der Waals surface area contributed by atoms with Crippen LogP contribution in [0.1, 0.15) is 25.5 Å². The zero-order valence-electron chi connectivity index (χ0n) is 10.6. The smallest absolute Gasteiger partial charge is 0.0890 e. The van der Waals surface area contributed by atoms with E-state index in [2.05, 4.69) is 15.3 Å². The summed E-state index contributed by atoms with van der Waals surface area (Å²) in [4.78, 5) is 8.90. The number of aromatic nitrogens is 2. The highest BCUT2D eigenvalue weighted by molar-refractivity contribution is 5.73. The summed E-state index contributed by atoms with van der Waals surface area (Å²) in [6.45, 7) is 3.42. The fourth-order valence-electron chi connectivity index (χ4n) is 1.82. The van der Waals surface area contributed by atoms with E-state index in [9.17, 15) is 0 Å². The topological polar surface area (TPSA) is 58.0 Å². The molecule has 0 amide bonds. The maximum atomic E-state index is 9.14. The third-order valence-electron chi connectivity index (χ3n) is 2.78. The maximum absolute atomic E-state index is 9.14. The number of hydrogen-bond donors (Lipinski definition) is 2. The predicted molar refractivity (Wildman–Crippen MR) is 72.2 cm³/mol. The monoisotopic (exact) mass is 245 g/mol. The van der Waals surface area contributed by atoms with E-state index in [-0.39, 0.29) is 6.10 Å². The van der Waals surface area contributed by atoms with Gasteiger partial charge in [-0.1, -0.05) is 12.1 Å². The molecule has 2 N–H and O–H groups in total. The van der Waals surface area contributed by atoms with Crippen LogP contribution in [0.4, 0.5) is 0 Å². The lowest BCUT2D eigenvalue weighted by molar-refractivity contribution is 0.181. The van der Waals surface area contributed by atoms with Crippen LogP contribution in [0, 0.1) is 0 Å². The fraction of sp³-hybridized carbons (Fsp3) is 0.429. The second kappa shape index (κ2) is 6.42. The van der Waals surface area contributed by atoms with Gasteiger partial charge in [0.1, 0.15) is 0 Å². The highest BCUT2D eigenvalue weighted by atomic mass is 16.3. The molecule has 1 aromatic heterocycles. The Morgan fingerprint density at radius 2 is 2.06 bits per heavy atom. The van der Waals surface area contributed by atoms with Gasteiger partial charge in [-0.15, -0.1) is 0 Å². The van der Waals surface area contributed by atoms with Crippen LogP contribution in [0.2, 0.25) is 0 Å². The number of aliphatic hydroxyl groups is 1. The van der Waals surface area contributed by atoms with Gasteiger partial charge in [0.05, 0.1) is 29.0 Å². The van der Waals surface area contributed by atoms with Crippen molar-refractivity contribution < 1.29 is 5.11 Å². The minimum absolute atomic E-state index is 0.215. The Kier molecular flexibility index (Phi) is 4.61. The van der Waals surface area contributed by atoms with E-state index in [1.807, 2.05) is 37.4 Å². The lowest BCUT2D eigenvalue weighted by Gasteiger charge is -2.06. The highest BCUT2D eigenvalue weighted by Gasteiger charge is 1.99. The summed E-state index contributed by atoms with van der Waals surface area (Å²) in [7, 11) is 0. The van der Waals surface area contributed by atoms with Crippen molar-refractivity contribution in [2.45, 2.75) is 32.4 Å². The number of nitrogens with one attached hydrogen (secondary N) is 1. The molecule has 1 heterocycles. The number of benzene rings is 1. The number of aliphatic hydroxyl groups excluding tert-OH is 1. The minimum atomic E-state index is -0.215. The molecule has 0 saturated heterocycles. The Labute approximate surface area is 107 Å². The molecule has 0 aliphatic heterocycles. The molecule has 0 spiro atoms. The fourth-order valence-corrected chi connectivity index (χ4v) is 1.82. The zero-order valence-corrected chi connectivity index (χ0v) is 10.6. The summed E-state index contributed by atoms with van der Waals surface area (Å²) in [5.74, 6) is 0. The summed E-state index contributed by atoms with van der Waals surface area (Å²) in [6.07, 6.45) is 3.39. The molecule has 0 radical (unpaired) electrons. The lowest BCUT2D eigenvalue weighted by atomic mass is 10.2. The van der Waals surface area contributed by atoms with Crippen molar-refractivity contribution in [1.82, 2.24) is 15.3 Å². The number of fused-ring (bicyclic) bond motifs is 1. The summed E-state index contributed by atoms with van der Waals surface area (Å²) >= 11 is 0. The number of hydrogen-bond acceptors (Lipinski definition) is 4. The molecule has 0 bridgehead atoms. The molecule has 0 aliphatic rings. The highest BCUT2D eigenvalue weighted by Crippen LogP contribution is 2.08. The van der Waals surface area contributed by atoms with E-state index in [1.54, 1.807) is 0 Å². The normalized spacial score (nSPS) is 12.8. The van der Waals surface area contributed by atoms with Crippen molar-refractivity contribution in [3.63, 3.8) is 0 Å². The van der Waals surface area contributed by atoms with Crippen molar-refractivity contribution in [2.75, 3.05) is 6.54 Å². The summed E-state index contributed by atoms with van der Waals surface area (Å²) in [6, 6.07) is 7.86. The van der Waals surface area contributed by atoms with E-state index < -0.39 is 0 Å². The molecule has 0 fully saturated rings. The van der Waals surface area contributed by atoms with Crippen LogP contribution in [0.15, 0.2) is 30.5 Å². The Bertz CT molecular complexity index is 499. The number of para-hydroxylation sites is 2. The number of nitrogens with zero attached hydrogens (tertiary/aromatic N) is 2. The molecular formula is C14H19N3O. The Balaban J connectivity index is 1.84. The first-order valence-electron chi connectivity index (χ1n) is 6.35. The molecule has 1 aromatic carbocycles. The number of rotatable bonds is 6. The van der Waals surface area contributed by atoms with Gasteiger partial charge < -0.3 is 10.4 Å². The van der Waals surface area contributed by atoms with E-state index in [0.717, 1.165) is 42.7 Å². The maximum Gasteiger partial charge on any atom is 0.0890 e. The van der Waals surface area contributed by atoms with Crippen LogP contribution in [-0.2, 0) is 6.54 Å². The predicted octanol–water partition coefficient (Wildman–Crippen LogP) is 1.88. The van der Waals surface area contributed by atoms with Crippen LogP contribution in [0.5, 0.6) is 0 Å². The minimum Gasteiger partial charge on any atom is -0.393 e. The van der Waals surface area contributed by atoms with E-state index >= 15 is 0 Å². The lowest BCUT2D eigenvalue weighted by Crippen LogP contribution is -2.17. The SMILES string of the molecule is CC(O)CCCNCc1cnc2ccccc2n1. The molecule has 96 valence electrons. The van der Waals surface area contributed by atoms with Gasteiger partial charge in [0.25, 0.3) is 0 Å². The largest absolute Gasteiger partial charge is 0.393 e. The first-order chi connectivity index (χ1) is 8.75. The second-order valence-corrected chi connectivity index (χ2v) is 4.52. The zero-order chi connectivity index (χ0) is 12.8. The van der Waals surface area contributed by atoms with E-state index in [0.29, 0.717) is 0 Å². The van der Waals surface area contributed by atoms with Crippen molar-refractivity contribution >= 4 is 11.0 Å². The van der Waals surface area contributed by atoms with Gasteiger partial charge in [-0.3, -0.25) is 4.98 Å². The standard InChI is InChI=1S/C14H19N3O/c1-11(18)5-4-8-15-9-12-10-16-13-6-2-3-7-14(13)17-12/h2-3,6-7,10-11,15,18H,4-5,8-9H2,1H3. The third kappa shape index (κ3) is 3.75. The average molecular weight is 245 g/mol. The average Bonchev–Trinajstić information content (AvgIpc) is 2.38. The van der Waals surface area contributed by atoms with Gasteiger partial charge in [-0.2, -0.15) is 0 Å². The Morgan fingerprint density at radius 3 is 2.83 bits per heavy atom.